The lowest BCUT2D eigenvalue weighted by molar-refractivity contribution is -0.143. The molecule has 0 aliphatic carbocycles. The molecule has 3 rings (SSSR count). The van der Waals surface area contributed by atoms with Gasteiger partial charge in [0.15, 0.2) is 5.78 Å². The Morgan fingerprint density at radius 3 is 2.50 bits per heavy atom. The molecule has 0 aliphatic rings. The van der Waals surface area contributed by atoms with Gasteiger partial charge in [0.25, 0.3) is 0 Å². The van der Waals surface area contributed by atoms with Gasteiger partial charge in [0, 0.05) is 42.7 Å². The Morgan fingerprint density at radius 2 is 1.83 bits per heavy atom. The van der Waals surface area contributed by atoms with Gasteiger partial charge in [-0.1, -0.05) is 25.5 Å². The van der Waals surface area contributed by atoms with Crippen LogP contribution in [0.2, 0.25) is 0 Å². The first-order valence-electron chi connectivity index (χ1n) is 12.1. The predicted octanol–water partition coefficient (Wildman–Crippen LogP) is 5.03. The highest BCUT2D eigenvalue weighted by molar-refractivity contribution is 6.08. The smallest absolute Gasteiger partial charge is 0.415 e. The second-order valence-corrected chi connectivity index (χ2v) is 8.51. The minimum absolute atomic E-state index is 0.0275. The maximum Gasteiger partial charge on any atom is 0.415 e. The van der Waals surface area contributed by atoms with E-state index in [-0.39, 0.29) is 18.9 Å². The zero-order valence-corrected chi connectivity index (χ0v) is 21.0. The van der Waals surface area contributed by atoms with Gasteiger partial charge < -0.3 is 14.0 Å². The quantitative estimate of drug-likeness (QED) is 0.277. The molecule has 3 aromatic rings. The number of nitrogens with zero attached hydrogens (tertiary/aromatic N) is 3. The highest BCUT2D eigenvalue weighted by atomic mass is 16.6. The Labute approximate surface area is 211 Å². The molecule has 0 atom stereocenters. The highest BCUT2D eigenvalue weighted by Crippen LogP contribution is 2.27. The van der Waals surface area contributed by atoms with Crippen LogP contribution in [0.15, 0.2) is 48.7 Å². The SMILES string of the molecule is CCCCN(CC(=O)OCC)C(=O)Oc1ccc2c(c1)c(C(=O)CCc1ccc(C#N)cc1)cn2C. The third-order valence-corrected chi connectivity index (χ3v) is 5.86. The van der Waals surface area contributed by atoms with Crippen molar-refractivity contribution >= 4 is 28.7 Å². The third kappa shape index (κ3) is 6.72. The molecule has 1 aromatic heterocycles. The molecule has 188 valence electrons. The normalized spacial score (nSPS) is 10.6. The number of ether oxygens (including phenoxy) is 2. The zero-order chi connectivity index (χ0) is 26.1. The molecule has 1 heterocycles. The topological polar surface area (TPSA) is 102 Å². The van der Waals surface area contributed by atoms with Crippen molar-refractivity contribution in [1.82, 2.24) is 9.47 Å². The number of nitriles is 1. The van der Waals surface area contributed by atoms with E-state index in [4.69, 9.17) is 14.7 Å². The van der Waals surface area contributed by atoms with Crippen molar-refractivity contribution < 1.29 is 23.9 Å². The van der Waals surface area contributed by atoms with Gasteiger partial charge in [-0.15, -0.1) is 0 Å². The summed E-state index contributed by atoms with van der Waals surface area (Å²) in [6, 6.07) is 14.4. The lowest BCUT2D eigenvalue weighted by Crippen LogP contribution is -2.39. The van der Waals surface area contributed by atoms with E-state index in [1.54, 1.807) is 43.5 Å². The molecule has 0 bridgehead atoms. The number of rotatable bonds is 11. The van der Waals surface area contributed by atoms with Crippen molar-refractivity contribution in [3.63, 3.8) is 0 Å². The summed E-state index contributed by atoms with van der Waals surface area (Å²) in [7, 11) is 1.86. The van der Waals surface area contributed by atoms with Crippen molar-refractivity contribution in [2.75, 3.05) is 19.7 Å². The largest absolute Gasteiger partial charge is 0.465 e. The summed E-state index contributed by atoms with van der Waals surface area (Å²) in [6.45, 7) is 4.14. The molecule has 0 saturated carbocycles. The van der Waals surface area contributed by atoms with Gasteiger partial charge in [-0.25, -0.2) is 4.79 Å². The number of amides is 1. The van der Waals surface area contributed by atoms with E-state index in [0.717, 1.165) is 23.9 Å². The molecule has 0 fully saturated rings. The van der Waals surface area contributed by atoms with Gasteiger partial charge in [-0.2, -0.15) is 5.26 Å². The molecule has 0 aliphatic heterocycles. The van der Waals surface area contributed by atoms with Crippen LogP contribution in [0.1, 0.15) is 54.6 Å². The number of aryl methyl sites for hydroxylation is 2. The van der Waals surface area contributed by atoms with Crippen LogP contribution < -0.4 is 4.74 Å². The van der Waals surface area contributed by atoms with Crippen LogP contribution in [-0.2, 0) is 23.0 Å². The number of ketones is 1. The van der Waals surface area contributed by atoms with Crippen molar-refractivity contribution in [2.45, 2.75) is 39.5 Å². The average molecular weight is 490 g/mol. The Kier molecular flexibility index (Phi) is 9.23. The van der Waals surface area contributed by atoms with Gasteiger partial charge in [0.2, 0.25) is 0 Å². The fraction of sp³-hybridized carbons (Fsp3) is 0.357. The molecular formula is C28H31N3O5. The Bertz CT molecular complexity index is 1270. The van der Waals surface area contributed by atoms with E-state index in [1.165, 1.54) is 4.90 Å². The first-order chi connectivity index (χ1) is 17.4. The van der Waals surface area contributed by atoms with E-state index in [2.05, 4.69) is 6.07 Å². The van der Waals surface area contributed by atoms with E-state index < -0.39 is 12.1 Å². The molecule has 36 heavy (non-hydrogen) atoms. The number of fused-ring (bicyclic) bond motifs is 1. The summed E-state index contributed by atoms with van der Waals surface area (Å²) < 4.78 is 12.4. The maximum atomic E-state index is 13.1. The Hall–Kier alpha value is -4.12. The number of hydrogen-bond donors (Lipinski definition) is 0. The summed E-state index contributed by atoms with van der Waals surface area (Å²) in [4.78, 5) is 39.2. The van der Waals surface area contributed by atoms with Gasteiger partial charge >= 0.3 is 12.1 Å². The molecule has 0 unspecified atom stereocenters. The molecule has 1 amide bonds. The lowest BCUT2D eigenvalue weighted by atomic mass is 10.0. The fourth-order valence-corrected chi connectivity index (χ4v) is 3.91. The van der Waals surface area contributed by atoms with Gasteiger partial charge in [0.05, 0.1) is 18.2 Å². The molecule has 8 heteroatoms. The first-order valence-corrected chi connectivity index (χ1v) is 12.1. The molecule has 0 spiro atoms. The van der Waals surface area contributed by atoms with Crippen molar-refractivity contribution in [3.05, 3.63) is 65.4 Å². The number of aromatic nitrogens is 1. The first kappa shape index (κ1) is 26.5. The number of unbranched alkanes of at least 4 members (excludes halogenated alkanes) is 1. The Morgan fingerprint density at radius 1 is 1.08 bits per heavy atom. The van der Waals surface area contributed by atoms with Gasteiger partial charge in [-0.05, 0) is 55.7 Å². The molecular weight excluding hydrogens is 458 g/mol. The fourth-order valence-electron chi connectivity index (χ4n) is 3.91. The molecule has 0 saturated heterocycles. The van der Waals surface area contributed by atoms with E-state index in [1.807, 2.05) is 30.7 Å². The number of carbonyl (C=O) groups excluding carboxylic acids is 3. The monoisotopic (exact) mass is 489 g/mol. The lowest BCUT2D eigenvalue weighted by Gasteiger charge is -2.20. The van der Waals surface area contributed by atoms with Crippen LogP contribution in [0.3, 0.4) is 0 Å². The van der Waals surface area contributed by atoms with Gasteiger partial charge in [-0.3, -0.25) is 14.5 Å². The molecule has 2 aromatic carbocycles. The number of esters is 1. The van der Waals surface area contributed by atoms with Crippen LogP contribution in [0.25, 0.3) is 10.9 Å². The summed E-state index contributed by atoms with van der Waals surface area (Å²) >= 11 is 0. The number of Topliss-reactive ketones (excluding diaryl/α,β-unsaturated/α-hetero) is 1. The van der Waals surface area contributed by atoms with Crippen molar-refractivity contribution in [2.24, 2.45) is 7.05 Å². The standard InChI is InChI=1S/C28H31N3O5/c1-4-6-15-31(19-27(33)35-5-2)28(34)36-22-12-13-25-23(16-22)24(18-30(25)3)26(32)14-11-20-7-9-21(17-29)10-8-20/h7-10,12-13,16,18H,4-6,11,14-15,19H2,1-3H3. The second-order valence-electron chi connectivity index (χ2n) is 8.51. The van der Waals surface area contributed by atoms with Crippen LogP contribution in [-0.4, -0.2) is 47.0 Å². The third-order valence-electron chi connectivity index (χ3n) is 5.86. The average Bonchev–Trinajstić information content (AvgIpc) is 3.21. The molecule has 0 radical (unpaired) electrons. The van der Waals surface area contributed by atoms with Crippen molar-refractivity contribution in [1.29, 1.82) is 5.26 Å². The number of benzene rings is 2. The van der Waals surface area contributed by atoms with E-state index in [9.17, 15) is 14.4 Å². The summed E-state index contributed by atoms with van der Waals surface area (Å²) in [5.41, 5.74) is 2.95. The zero-order valence-electron chi connectivity index (χ0n) is 21.0. The second kappa shape index (κ2) is 12.5. The predicted molar refractivity (Wildman–Crippen MR) is 136 cm³/mol. The summed E-state index contributed by atoms with van der Waals surface area (Å²) in [5.74, 6) is -0.218. The van der Waals surface area contributed by atoms with Crippen LogP contribution in [0.5, 0.6) is 5.75 Å². The molecule has 0 N–H and O–H groups in total. The van der Waals surface area contributed by atoms with Crippen LogP contribution in [0.4, 0.5) is 4.79 Å². The van der Waals surface area contributed by atoms with Crippen molar-refractivity contribution in [3.8, 4) is 11.8 Å². The molecule has 8 nitrogen and oxygen atoms in total. The Balaban J connectivity index is 1.76. The maximum absolute atomic E-state index is 13.1. The summed E-state index contributed by atoms with van der Waals surface area (Å²) in [5, 5.41) is 9.64. The van der Waals surface area contributed by atoms with Crippen LogP contribution in [0, 0.1) is 11.3 Å². The number of hydrogen-bond acceptors (Lipinski definition) is 6. The van der Waals surface area contributed by atoms with Crippen LogP contribution >= 0.6 is 0 Å². The minimum atomic E-state index is -0.638. The van der Waals surface area contributed by atoms with E-state index >= 15 is 0 Å². The van der Waals surface area contributed by atoms with E-state index in [0.29, 0.717) is 41.6 Å². The summed E-state index contributed by atoms with van der Waals surface area (Å²) in [6.07, 6.45) is 3.59. The van der Waals surface area contributed by atoms with Gasteiger partial charge in [0.1, 0.15) is 12.3 Å². The minimum Gasteiger partial charge on any atom is -0.465 e. The number of carbonyl (C=O) groups is 3. The highest BCUT2D eigenvalue weighted by Gasteiger charge is 2.21.